The van der Waals surface area contributed by atoms with Gasteiger partial charge in [0.2, 0.25) is 41.4 Å². The highest BCUT2D eigenvalue weighted by atomic mass is 16.5. The summed E-state index contributed by atoms with van der Waals surface area (Å²) in [6.45, 7) is 1.50. The first-order valence-corrected chi connectivity index (χ1v) is 25.6. The summed E-state index contributed by atoms with van der Waals surface area (Å²) in [7, 11) is 0. The van der Waals surface area contributed by atoms with Gasteiger partial charge in [0.15, 0.2) is 11.9 Å². The molecule has 416 valence electrons. The summed E-state index contributed by atoms with van der Waals surface area (Å²) in [5.74, 6) is -5.05. The molecule has 26 heteroatoms. The van der Waals surface area contributed by atoms with Crippen LogP contribution in [0.5, 0.6) is 0 Å². The normalized spacial score (nSPS) is 24.0. The van der Waals surface area contributed by atoms with Gasteiger partial charge in [-0.05, 0) is 75.1 Å². The number of aliphatic imine (C=N–C) groups is 2. The minimum atomic E-state index is -1.35. The number of carbonyl (C=O) groups is 7. The van der Waals surface area contributed by atoms with Crippen molar-refractivity contribution >= 4 is 64.2 Å². The molecule has 1 unspecified atom stereocenters. The predicted molar refractivity (Wildman–Crippen MR) is 283 cm³/mol. The Balaban J connectivity index is 1.47. The summed E-state index contributed by atoms with van der Waals surface area (Å²) in [5, 5.41) is 42.8. The summed E-state index contributed by atoms with van der Waals surface area (Å²) in [4.78, 5) is 110. The molecule has 3 aromatic rings. The number of aromatic nitrogens is 1. The molecule has 2 aromatic carbocycles. The second kappa shape index (κ2) is 30.2. The van der Waals surface area contributed by atoms with Gasteiger partial charge >= 0.3 is 0 Å². The smallest absolute Gasteiger partial charge is 0.243 e. The van der Waals surface area contributed by atoms with Crippen LogP contribution in [-0.2, 0) is 51.1 Å². The highest BCUT2D eigenvalue weighted by molar-refractivity contribution is 5.97. The number of hydrogen-bond acceptors (Lipinski definition) is 14. The topological polar surface area (TPSA) is 427 Å². The molecule has 0 bridgehead atoms. The number of amides is 7. The van der Waals surface area contributed by atoms with E-state index in [0.717, 1.165) is 10.9 Å². The van der Waals surface area contributed by atoms with Crippen LogP contribution in [0.25, 0.3) is 10.9 Å². The highest BCUT2D eigenvalue weighted by Crippen LogP contribution is 2.23. The summed E-state index contributed by atoms with van der Waals surface area (Å²) in [6, 6.07) is 8.16. The van der Waals surface area contributed by atoms with Crippen molar-refractivity contribution in [1.82, 2.24) is 47.1 Å². The number of hydrogen-bond donors (Lipinski definition) is 15. The van der Waals surface area contributed by atoms with Gasteiger partial charge in [-0.1, -0.05) is 48.5 Å². The van der Waals surface area contributed by atoms with Crippen LogP contribution in [0.4, 0.5) is 0 Å². The van der Waals surface area contributed by atoms with Gasteiger partial charge in [-0.15, -0.1) is 0 Å². The Bertz CT molecular complexity index is 2470. The fourth-order valence-electron chi connectivity index (χ4n) is 9.14. The Morgan fingerprint density at radius 3 is 2.14 bits per heavy atom. The quantitative estimate of drug-likeness (QED) is 0.0238. The molecule has 76 heavy (non-hydrogen) atoms. The number of H-pyrrole nitrogens is 1. The van der Waals surface area contributed by atoms with Crippen LogP contribution < -0.4 is 65.9 Å². The van der Waals surface area contributed by atoms with E-state index in [-0.39, 0.29) is 109 Å². The molecule has 1 aromatic heterocycles. The minimum absolute atomic E-state index is 0.00633. The van der Waals surface area contributed by atoms with Crippen LogP contribution in [-0.4, -0.2) is 168 Å². The van der Waals surface area contributed by atoms with Gasteiger partial charge in [0.1, 0.15) is 36.4 Å². The fraction of sp³-hybridized carbons (Fsp3) is 0.540. The molecule has 9 atom stereocenters. The molecule has 2 saturated heterocycles. The summed E-state index contributed by atoms with van der Waals surface area (Å²) in [5.41, 5.74) is 29.9. The number of ether oxygens (including phenoxy) is 1. The number of benzene rings is 2. The van der Waals surface area contributed by atoms with Crippen molar-refractivity contribution in [2.45, 2.75) is 132 Å². The second-order valence-electron chi connectivity index (χ2n) is 19.1. The van der Waals surface area contributed by atoms with Crippen LogP contribution in [0.1, 0.15) is 75.8 Å². The molecule has 2 aliphatic rings. The lowest BCUT2D eigenvalue weighted by molar-refractivity contribution is -0.141. The molecule has 26 nitrogen and oxygen atoms in total. The van der Waals surface area contributed by atoms with Gasteiger partial charge in [-0.25, -0.2) is 0 Å². The number of nitrogens with two attached hydrogens (primary N) is 5. The van der Waals surface area contributed by atoms with Crippen LogP contribution in [0.3, 0.4) is 0 Å². The number of rotatable bonds is 19. The standard InChI is InChI=1S/C50H76N16O10/c1-29(67)61-32(12-7-20-57-49(52)53)27-76-28-60-38-17-18-42(69)56-19-8-15-36(43(51)70)62-46(73)40(23-31-25-59-35-14-6-5-13-34(31)35)64-44(71)37(16-9-21-58-50(54)55)63-45(72)39(22-30-10-3-2-4-11-30)65-47(74)41-24-33(68)26-66(41)48(38)75/h2-6,10-11,13-14,25,32-33,36-42,56,59-60,68-69H,7-9,12,15-24,26-28H2,1H3,(H2,51,70)(H,61,67)(H,62,73)(H,63,72)(H,64,71)(H,65,74)(H4,52,53,57)(H4,54,55,58)/t32-,33+,36-,37-,38-,39+,40-,41-,42?/m0/s1. The lowest BCUT2D eigenvalue weighted by atomic mass is 10.0. The van der Waals surface area contributed by atoms with Crippen molar-refractivity contribution in [1.29, 1.82) is 0 Å². The molecule has 3 heterocycles. The third kappa shape index (κ3) is 19.4. The van der Waals surface area contributed by atoms with E-state index in [2.05, 4.69) is 52.2 Å². The number of carbonyl (C=O) groups excluding carboxylic acids is 7. The molecule has 0 aliphatic carbocycles. The van der Waals surface area contributed by atoms with Crippen LogP contribution in [0, 0.1) is 0 Å². The second-order valence-corrected chi connectivity index (χ2v) is 19.1. The SMILES string of the molecule is CC(=O)N[C@@H](CCCN=C(N)N)COCN[C@H]1CCC(O)NCCC[C@@H](C(N)=O)NC(=O)[C@H](Cc2c[nH]c3ccccc23)NC(=O)[C@H](CCCN=C(N)N)NC(=O)[C@@H](Cc2ccccc2)NC(=O)[C@@H]2C[C@@H](O)CN2C1=O. The average molecular weight is 1060 g/mol. The number of aromatic amines is 1. The fourth-order valence-corrected chi connectivity index (χ4v) is 9.14. The van der Waals surface area contributed by atoms with E-state index in [0.29, 0.717) is 30.5 Å². The summed E-state index contributed by atoms with van der Waals surface area (Å²) >= 11 is 0. The molecule has 7 amide bonds. The number of aliphatic hydroxyl groups is 2. The van der Waals surface area contributed by atoms with Gasteiger partial charge in [0.25, 0.3) is 0 Å². The minimum Gasteiger partial charge on any atom is -0.391 e. The largest absolute Gasteiger partial charge is 0.391 e. The zero-order chi connectivity index (χ0) is 55.1. The Hall–Kier alpha value is -7.39. The van der Waals surface area contributed by atoms with E-state index in [1.54, 1.807) is 36.5 Å². The van der Waals surface area contributed by atoms with E-state index in [4.69, 9.17) is 33.4 Å². The van der Waals surface area contributed by atoms with Crippen LogP contribution in [0.15, 0.2) is 70.8 Å². The maximum Gasteiger partial charge on any atom is 0.243 e. The number of nitrogens with zero attached hydrogens (tertiary/aromatic N) is 3. The highest BCUT2D eigenvalue weighted by Gasteiger charge is 2.42. The lowest BCUT2D eigenvalue weighted by Gasteiger charge is -2.30. The van der Waals surface area contributed by atoms with E-state index in [1.807, 2.05) is 24.3 Å². The number of primary amides is 1. The Morgan fingerprint density at radius 2 is 1.43 bits per heavy atom. The van der Waals surface area contributed by atoms with Crippen LogP contribution in [0.2, 0.25) is 0 Å². The van der Waals surface area contributed by atoms with Gasteiger partial charge in [0.05, 0.1) is 31.5 Å². The predicted octanol–water partition coefficient (Wildman–Crippen LogP) is -3.63. The average Bonchev–Trinajstić information content (AvgIpc) is 3.99. The van der Waals surface area contributed by atoms with Crippen LogP contribution >= 0.6 is 0 Å². The molecule has 20 N–H and O–H groups in total. The van der Waals surface area contributed by atoms with Crippen molar-refractivity contribution < 1.29 is 48.5 Å². The first-order valence-electron chi connectivity index (χ1n) is 25.6. The van der Waals surface area contributed by atoms with Gasteiger partial charge in [-0.2, -0.15) is 0 Å². The number of aliphatic hydroxyl groups excluding tert-OH is 2. The molecule has 5 rings (SSSR count). The maximum absolute atomic E-state index is 14.6. The first-order chi connectivity index (χ1) is 36.4. The van der Waals surface area contributed by atoms with Gasteiger partial charge < -0.3 is 80.1 Å². The van der Waals surface area contributed by atoms with Crippen molar-refractivity contribution in [3.05, 3.63) is 71.9 Å². The molecule has 2 aliphatic heterocycles. The summed E-state index contributed by atoms with van der Waals surface area (Å²) < 4.78 is 5.90. The van der Waals surface area contributed by atoms with Crippen molar-refractivity contribution in [3.8, 4) is 0 Å². The Kier molecular flexibility index (Phi) is 23.7. The number of fused-ring (bicyclic) bond motifs is 2. The zero-order valence-corrected chi connectivity index (χ0v) is 42.9. The molecular weight excluding hydrogens is 985 g/mol. The monoisotopic (exact) mass is 1060 g/mol. The summed E-state index contributed by atoms with van der Waals surface area (Å²) in [6.07, 6.45) is 0.513. The van der Waals surface area contributed by atoms with E-state index in [9.17, 15) is 43.8 Å². The third-order valence-corrected chi connectivity index (χ3v) is 13.0. The number of para-hydroxylation sites is 1. The zero-order valence-electron chi connectivity index (χ0n) is 42.9. The van der Waals surface area contributed by atoms with Gasteiger partial charge in [-0.3, -0.25) is 54.2 Å². The van der Waals surface area contributed by atoms with Crippen molar-refractivity contribution in [2.75, 3.05) is 39.5 Å². The Morgan fingerprint density at radius 1 is 0.789 bits per heavy atom. The number of nitrogens with one attached hydrogen (secondary N) is 8. The van der Waals surface area contributed by atoms with E-state index in [1.165, 1.54) is 11.8 Å². The Labute approximate surface area is 440 Å². The number of guanidine groups is 2. The maximum atomic E-state index is 14.6. The van der Waals surface area contributed by atoms with E-state index >= 15 is 0 Å². The van der Waals surface area contributed by atoms with E-state index < -0.39 is 90.1 Å². The van der Waals surface area contributed by atoms with Gasteiger partial charge in [0, 0.05) is 62.9 Å². The molecule has 0 spiro atoms. The third-order valence-electron chi connectivity index (χ3n) is 13.0. The molecule has 2 fully saturated rings. The lowest BCUT2D eigenvalue weighted by Crippen LogP contribution is -2.60. The van der Waals surface area contributed by atoms with Crippen molar-refractivity contribution in [2.24, 2.45) is 38.7 Å². The first kappa shape index (κ1) is 59.5. The van der Waals surface area contributed by atoms with Crippen molar-refractivity contribution in [3.63, 3.8) is 0 Å². The molecule has 0 saturated carbocycles. The molecular formula is C50H76N16O10. The molecule has 0 radical (unpaired) electrons.